The van der Waals surface area contributed by atoms with E-state index in [2.05, 4.69) is 78.9 Å². The van der Waals surface area contributed by atoms with Gasteiger partial charge in [-0.2, -0.15) is 0 Å². The van der Waals surface area contributed by atoms with Crippen molar-refractivity contribution in [1.29, 1.82) is 0 Å². The zero-order valence-corrected chi connectivity index (χ0v) is 21.8. The number of hydrogen-bond donors (Lipinski definition) is 0. The van der Waals surface area contributed by atoms with Crippen LogP contribution in [-0.4, -0.2) is 9.97 Å². The highest BCUT2D eigenvalue weighted by Gasteiger charge is 2.20. The first kappa shape index (κ1) is 21.3. The Labute approximate surface area is 225 Å². The Kier molecular flexibility index (Phi) is 4.65. The van der Waals surface area contributed by atoms with Crippen LogP contribution in [0, 0.1) is 0 Å². The number of aromatic nitrogens is 2. The Bertz CT molecular complexity index is 2170. The minimum atomic E-state index is 0.719. The molecule has 0 saturated carbocycles. The summed E-state index contributed by atoms with van der Waals surface area (Å²) in [6, 6.07) is 35.9. The summed E-state index contributed by atoms with van der Waals surface area (Å²) in [5.41, 5.74) is 4.12. The number of hydrogen-bond acceptors (Lipinski definition) is 4. The van der Waals surface area contributed by atoms with E-state index in [1.807, 2.05) is 35.6 Å². The van der Waals surface area contributed by atoms with Crippen molar-refractivity contribution in [2.75, 3.05) is 0 Å². The number of fused-ring (bicyclic) bond motifs is 7. The Morgan fingerprint density at radius 1 is 0.486 bits per heavy atom. The van der Waals surface area contributed by atoms with Crippen molar-refractivity contribution in [2.24, 2.45) is 0 Å². The first-order chi connectivity index (χ1) is 18.3. The zero-order valence-electron chi connectivity index (χ0n) is 19.4. The van der Waals surface area contributed by atoms with Crippen LogP contribution in [0.1, 0.15) is 0 Å². The summed E-state index contributed by atoms with van der Waals surface area (Å²) in [6.45, 7) is 0. The van der Waals surface area contributed by atoms with Crippen molar-refractivity contribution < 1.29 is 0 Å². The predicted molar refractivity (Wildman–Crippen MR) is 161 cm³/mol. The van der Waals surface area contributed by atoms with Gasteiger partial charge in [-0.25, -0.2) is 9.97 Å². The van der Waals surface area contributed by atoms with E-state index in [1.54, 1.807) is 11.3 Å². The lowest BCUT2D eigenvalue weighted by molar-refractivity contribution is 1.25. The molecule has 3 heterocycles. The zero-order chi connectivity index (χ0) is 24.5. The maximum atomic E-state index is 6.57. The van der Waals surface area contributed by atoms with Gasteiger partial charge >= 0.3 is 0 Å². The number of halogens is 1. The second kappa shape index (κ2) is 8.09. The number of nitrogens with zero attached hydrogens (tertiary/aromatic N) is 2. The van der Waals surface area contributed by atoms with Gasteiger partial charge in [0.25, 0.3) is 0 Å². The van der Waals surface area contributed by atoms with Gasteiger partial charge in [-0.3, -0.25) is 0 Å². The largest absolute Gasteiger partial charge is 0.226 e. The molecule has 0 atom stereocenters. The highest BCUT2D eigenvalue weighted by molar-refractivity contribution is 7.27. The van der Waals surface area contributed by atoms with Gasteiger partial charge in [0.15, 0.2) is 5.82 Å². The van der Waals surface area contributed by atoms with Crippen LogP contribution in [0.2, 0.25) is 5.02 Å². The van der Waals surface area contributed by atoms with Crippen LogP contribution in [0.5, 0.6) is 0 Å². The molecule has 0 aliphatic heterocycles. The number of thiophene rings is 2. The van der Waals surface area contributed by atoms with Gasteiger partial charge < -0.3 is 0 Å². The fourth-order valence-corrected chi connectivity index (χ4v) is 7.88. The standard InChI is InChI=1S/C32H17ClN2S2/c33-25-17-16-22(18-8-1-2-9-19(18)25)32-34-28-23-11-4-6-15-27(23)37-31(28)29(35-32)24-13-7-12-21-20-10-3-5-14-26(20)36-30(21)24/h1-17H. The average molecular weight is 529 g/mol. The van der Waals surface area contributed by atoms with Gasteiger partial charge in [0.05, 0.1) is 15.9 Å². The van der Waals surface area contributed by atoms with Gasteiger partial charge in [-0.05, 0) is 29.7 Å². The molecule has 0 N–H and O–H groups in total. The Morgan fingerprint density at radius 3 is 1.97 bits per heavy atom. The molecule has 37 heavy (non-hydrogen) atoms. The molecule has 2 nitrogen and oxygen atoms in total. The fourth-order valence-electron chi connectivity index (χ4n) is 5.28. The van der Waals surface area contributed by atoms with Crippen LogP contribution in [0.15, 0.2) is 103 Å². The summed E-state index contributed by atoms with van der Waals surface area (Å²) in [5.74, 6) is 0.719. The maximum Gasteiger partial charge on any atom is 0.161 e. The van der Waals surface area contributed by atoms with E-state index in [4.69, 9.17) is 21.6 Å². The van der Waals surface area contributed by atoms with E-state index in [-0.39, 0.29) is 0 Å². The molecule has 8 aromatic rings. The third-order valence-electron chi connectivity index (χ3n) is 6.99. The number of rotatable bonds is 2. The van der Waals surface area contributed by atoms with E-state index < -0.39 is 0 Å². The first-order valence-corrected chi connectivity index (χ1v) is 14.0. The second-order valence-corrected chi connectivity index (χ2v) is 11.6. The third kappa shape index (κ3) is 3.17. The maximum absolute atomic E-state index is 6.57. The molecule has 5 heteroatoms. The molecule has 0 fully saturated rings. The lowest BCUT2D eigenvalue weighted by atomic mass is 10.0. The molecule has 0 unspecified atom stereocenters. The Morgan fingerprint density at radius 2 is 1.14 bits per heavy atom. The van der Waals surface area contributed by atoms with Crippen LogP contribution >= 0.6 is 34.3 Å². The van der Waals surface area contributed by atoms with Crippen LogP contribution in [-0.2, 0) is 0 Å². The lowest BCUT2D eigenvalue weighted by Crippen LogP contribution is -1.94. The van der Waals surface area contributed by atoms with E-state index in [9.17, 15) is 0 Å². The van der Waals surface area contributed by atoms with Crippen molar-refractivity contribution in [3.05, 3.63) is 108 Å². The molecule has 5 aromatic carbocycles. The summed E-state index contributed by atoms with van der Waals surface area (Å²) in [6.07, 6.45) is 0. The topological polar surface area (TPSA) is 25.8 Å². The van der Waals surface area contributed by atoms with E-state index in [0.29, 0.717) is 0 Å². The average Bonchev–Trinajstić information content (AvgIpc) is 3.51. The summed E-state index contributed by atoms with van der Waals surface area (Å²) >= 11 is 10.2. The van der Waals surface area contributed by atoms with Crippen molar-refractivity contribution in [2.45, 2.75) is 0 Å². The minimum absolute atomic E-state index is 0.719. The quantitative estimate of drug-likeness (QED) is 0.223. The van der Waals surface area contributed by atoms with Crippen molar-refractivity contribution in [3.8, 4) is 22.6 Å². The van der Waals surface area contributed by atoms with Crippen LogP contribution in [0.25, 0.3) is 73.9 Å². The third-order valence-corrected chi connectivity index (χ3v) is 9.71. The highest BCUT2D eigenvalue weighted by Crippen LogP contribution is 2.45. The lowest BCUT2D eigenvalue weighted by Gasteiger charge is -2.11. The predicted octanol–water partition coefficient (Wildman–Crippen LogP) is 10.4. The molecule has 8 rings (SSSR count). The first-order valence-electron chi connectivity index (χ1n) is 12.0. The molecular weight excluding hydrogens is 512 g/mol. The normalized spacial score (nSPS) is 11.9. The number of benzene rings is 5. The Balaban J connectivity index is 1.52. The fraction of sp³-hybridized carbons (Fsp3) is 0. The molecule has 0 aliphatic rings. The van der Waals surface area contributed by atoms with E-state index >= 15 is 0 Å². The van der Waals surface area contributed by atoms with E-state index in [1.165, 1.54) is 24.9 Å². The summed E-state index contributed by atoms with van der Waals surface area (Å²) in [5, 5.41) is 6.51. The van der Waals surface area contributed by atoms with Crippen molar-refractivity contribution >= 4 is 85.5 Å². The molecule has 3 aromatic heterocycles. The van der Waals surface area contributed by atoms with Crippen molar-refractivity contribution in [1.82, 2.24) is 9.97 Å². The molecule has 0 saturated heterocycles. The van der Waals surface area contributed by atoms with Crippen LogP contribution in [0.3, 0.4) is 0 Å². The van der Waals surface area contributed by atoms with Crippen LogP contribution in [0.4, 0.5) is 0 Å². The molecule has 0 radical (unpaired) electrons. The minimum Gasteiger partial charge on any atom is -0.226 e. The smallest absolute Gasteiger partial charge is 0.161 e. The Hall–Kier alpha value is -3.83. The summed E-state index contributed by atoms with van der Waals surface area (Å²) in [7, 11) is 0. The second-order valence-electron chi connectivity index (χ2n) is 9.09. The molecule has 0 spiro atoms. The van der Waals surface area contributed by atoms with Crippen LogP contribution < -0.4 is 0 Å². The molecule has 0 bridgehead atoms. The monoisotopic (exact) mass is 528 g/mol. The summed E-state index contributed by atoms with van der Waals surface area (Å²) in [4.78, 5) is 10.5. The molecule has 0 aliphatic carbocycles. The molecular formula is C32H17ClN2S2. The van der Waals surface area contributed by atoms with Crippen molar-refractivity contribution in [3.63, 3.8) is 0 Å². The van der Waals surface area contributed by atoms with Gasteiger partial charge in [-0.1, -0.05) is 90.5 Å². The van der Waals surface area contributed by atoms with Gasteiger partial charge in [0.1, 0.15) is 0 Å². The molecule has 0 amide bonds. The molecule has 174 valence electrons. The van der Waals surface area contributed by atoms with Gasteiger partial charge in [0, 0.05) is 51.8 Å². The summed E-state index contributed by atoms with van der Waals surface area (Å²) < 4.78 is 4.88. The SMILES string of the molecule is Clc1ccc(-c2nc(-c3cccc4c3sc3ccccc34)c3sc4ccccc4c3n2)c2ccccc12. The highest BCUT2D eigenvalue weighted by atomic mass is 35.5. The van der Waals surface area contributed by atoms with Gasteiger partial charge in [0.2, 0.25) is 0 Å². The van der Waals surface area contributed by atoms with Gasteiger partial charge in [-0.15, -0.1) is 22.7 Å². The van der Waals surface area contributed by atoms with E-state index in [0.717, 1.165) is 54.0 Å².